The first kappa shape index (κ1) is 105. The molecule has 784 valence electrons. The summed E-state index contributed by atoms with van der Waals surface area (Å²) in [6.45, 7) is 27.2. The summed E-state index contributed by atoms with van der Waals surface area (Å²) in [7, 11) is 17.8. The van der Waals surface area contributed by atoms with Gasteiger partial charge in [0, 0.05) is 197 Å². The third-order valence-electron chi connectivity index (χ3n) is 29.5. The van der Waals surface area contributed by atoms with E-state index in [9.17, 15) is 32.8 Å². The smallest absolute Gasteiger partial charge is 0.258 e. The van der Waals surface area contributed by atoms with Crippen LogP contribution in [0.4, 0.5) is 31.5 Å². The molecule has 1 saturated carbocycles. The molecular formula is C115H132ClF2N21O11. The zero-order valence-electron chi connectivity index (χ0n) is 88.5. The predicted octanol–water partition coefficient (Wildman–Crippen LogP) is 16.4. The van der Waals surface area contributed by atoms with Crippen molar-refractivity contribution in [3.8, 4) is 90.8 Å². The van der Waals surface area contributed by atoms with E-state index in [1.165, 1.54) is 56.9 Å². The fraction of sp³-hybridized carbons (Fsp3) is 0.383. The molecule has 22 rings (SSSR count). The summed E-state index contributed by atoms with van der Waals surface area (Å²) >= 11 is 6.41. The molecule has 2 N–H and O–H groups in total. The molecule has 5 aliphatic heterocycles. The highest BCUT2D eigenvalue weighted by atomic mass is 35.5. The average molecular weight is 2060 g/mol. The lowest BCUT2D eigenvalue weighted by Gasteiger charge is -2.39. The first-order valence-electron chi connectivity index (χ1n) is 51.2. The molecule has 0 radical (unpaired) electrons. The molecule has 6 aliphatic rings. The molecule has 1 aliphatic carbocycles. The normalized spacial score (nSPS) is 17.0. The van der Waals surface area contributed by atoms with Crippen LogP contribution >= 0.6 is 11.6 Å². The molecule has 4 aromatic carbocycles. The van der Waals surface area contributed by atoms with Crippen molar-refractivity contribution in [2.24, 2.45) is 0 Å². The molecule has 35 heteroatoms. The van der Waals surface area contributed by atoms with Crippen molar-refractivity contribution in [2.75, 3.05) is 162 Å². The number of ether oxygens (including phenoxy) is 6. The molecule has 12 aromatic heterocycles. The SMILES string of the molecule is COc1ccc(-c2cc(=O)n3cc(C4CCN(C)CC4)cc(C)c3n2)cc1F.COc1ccc(-c2cc(=O)n3cc(N4CCC(N(C)C)CC4)cc(C)c3n2)cc1F.COc1ccc(-c2cc(=O)n3cc(N4CCC(NC5CC5)CC4)cc(C)c3n2)cc1OC.COc1ccc(-c2cc(=O)n3cc(N4C[C@@H](C)N[C@@H](C)C4)cc(C)c3n2)cc1OC.Cc1cn2cc(-c3cc(=O)n4cc(N5CCN(C)[C@@H](C)C5)ccc4n3)cc(Cl)c2n1. The van der Waals surface area contributed by atoms with Crippen LogP contribution in [0.3, 0.4) is 0 Å². The fourth-order valence-electron chi connectivity index (χ4n) is 20.9. The van der Waals surface area contributed by atoms with Crippen LogP contribution < -0.4 is 86.5 Å². The van der Waals surface area contributed by atoms with Gasteiger partial charge in [-0.2, -0.15) is 0 Å². The molecule has 0 unspecified atom stereocenters. The second kappa shape index (κ2) is 45.4. The molecule has 0 spiro atoms. The number of pyridine rings is 6. The van der Waals surface area contributed by atoms with Gasteiger partial charge in [0.25, 0.3) is 27.8 Å². The summed E-state index contributed by atoms with van der Waals surface area (Å²) in [6, 6.07) is 45.4. The number of aryl methyl sites for hydroxylation is 5. The number of piperidine rings is 3. The number of hydrogen-bond acceptors (Lipinski definition) is 26. The van der Waals surface area contributed by atoms with Gasteiger partial charge in [-0.15, -0.1) is 0 Å². The van der Waals surface area contributed by atoms with Crippen LogP contribution in [0.15, 0.2) is 213 Å². The number of likely N-dealkylation sites (tertiary alicyclic amines) is 1. The second-order valence-corrected chi connectivity index (χ2v) is 40.9. The lowest BCUT2D eigenvalue weighted by Crippen LogP contribution is -2.54. The Morgan fingerprint density at radius 3 is 1.21 bits per heavy atom. The van der Waals surface area contributed by atoms with E-state index >= 15 is 0 Å². The Labute approximate surface area is 875 Å². The zero-order chi connectivity index (χ0) is 106. The summed E-state index contributed by atoms with van der Waals surface area (Å²) in [5, 5.41) is 7.82. The molecule has 5 saturated heterocycles. The number of piperazine rings is 2. The van der Waals surface area contributed by atoms with Gasteiger partial charge in [-0.25, -0.2) is 38.7 Å². The van der Waals surface area contributed by atoms with Gasteiger partial charge in [0.05, 0.1) is 105 Å². The number of fused-ring (bicyclic) bond motifs is 6. The topological polar surface area (TPSA) is 291 Å². The van der Waals surface area contributed by atoms with Gasteiger partial charge in [0.15, 0.2) is 51.8 Å². The van der Waals surface area contributed by atoms with E-state index in [1.54, 1.807) is 92.9 Å². The number of anilines is 4. The second-order valence-electron chi connectivity index (χ2n) is 40.5. The lowest BCUT2D eigenvalue weighted by atomic mass is 9.90. The molecule has 16 aromatic rings. The molecule has 0 bridgehead atoms. The van der Waals surface area contributed by atoms with E-state index in [-0.39, 0.29) is 39.3 Å². The number of nitrogens with zero attached hydrogens (tertiary/aromatic N) is 19. The maximum atomic E-state index is 14.1. The highest BCUT2D eigenvalue weighted by molar-refractivity contribution is 6.33. The number of likely N-dealkylation sites (N-methyl/N-ethyl adjacent to an activating group) is 1. The lowest BCUT2D eigenvalue weighted by molar-refractivity contribution is 0.234. The number of rotatable bonds is 19. The molecule has 0 amide bonds. The highest BCUT2D eigenvalue weighted by Crippen LogP contribution is 2.39. The quantitative estimate of drug-likeness (QED) is 0.0760. The van der Waals surface area contributed by atoms with Gasteiger partial charge >= 0.3 is 0 Å². The Balaban J connectivity index is 0.000000122. The van der Waals surface area contributed by atoms with Crippen molar-refractivity contribution in [1.29, 1.82) is 0 Å². The van der Waals surface area contributed by atoms with Gasteiger partial charge in [0.1, 0.15) is 28.2 Å². The van der Waals surface area contributed by atoms with Crippen LogP contribution in [0.2, 0.25) is 5.02 Å². The average Bonchev–Trinajstić information content (AvgIpc) is 1.10. The maximum Gasteiger partial charge on any atom is 0.258 e. The summed E-state index contributed by atoms with van der Waals surface area (Å²) in [5.41, 5.74) is 19.5. The van der Waals surface area contributed by atoms with E-state index in [1.807, 2.05) is 137 Å². The van der Waals surface area contributed by atoms with Crippen molar-refractivity contribution in [2.45, 2.75) is 149 Å². The van der Waals surface area contributed by atoms with Gasteiger partial charge in [-0.3, -0.25) is 46.0 Å². The van der Waals surface area contributed by atoms with Crippen molar-refractivity contribution >= 4 is 68.2 Å². The standard InChI is InChI=1S/C25H30N4O3.C23H27FN4O2.C23H28N4O3.C22H23ClN6O.C22H24FN3O2/c1-16-12-20(28-10-8-19(9-11-28)26-18-5-6-18)15-29-24(30)14-21(27-25(16)29)17-4-7-22(31-2)23(13-17)32-3;1-15-11-18(27-9-7-17(8-10-27)26(2)3)14-28-22(29)13-20(25-23(15)28)16-5-6-21(30-4)19(24)12-16;1-14-8-18(26-11-15(2)24-16(3)12-26)13-27-22(28)10-19(25-23(14)27)17-6-7-20(29-4)21(9-17)30-5;1-14-10-28-12-16(8-18(23)22(28)24-14)19-9-21(30)29-13-17(4-5-20(29)25-19)27-7-6-26(3)15(2)11-27;1-14-10-17(15-6-8-25(2)9-7-15)13-26-21(27)12-19(24-22(14)26)16-4-5-20(28-3)18(23)11-16/h4,7,12-15,18-19,26H,5-6,8-11H2,1-3H3;5-6,11-14,17H,7-10H2,1-4H3;6-10,13,15-16,24H,11-12H2,1-5H3;4-5,8-10,12-13,15H,6-7,11H2,1-3H3;4-5,10-13,15H,6-9H2,1-3H3/t;;15-,16+;15-;/m...0./s1. The van der Waals surface area contributed by atoms with Crippen LogP contribution in [-0.2, 0) is 0 Å². The van der Waals surface area contributed by atoms with Gasteiger partial charge < -0.3 is 77.8 Å². The van der Waals surface area contributed by atoms with E-state index in [2.05, 4.69) is 133 Å². The summed E-state index contributed by atoms with van der Waals surface area (Å²) < 4.78 is 69.6. The van der Waals surface area contributed by atoms with E-state index < -0.39 is 11.6 Å². The Hall–Kier alpha value is -14.7. The van der Waals surface area contributed by atoms with E-state index in [0.29, 0.717) is 138 Å². The molecule has 32 nitrogen and oxygen atoms in total. The largest absolute Gasteiger partial charge is 0.494 e. The van der Waals surface area contributed by atoms with Crippen LogP contribution in [0, 0.1) is 46.3 Å². The third-order valence-corrected chi connectivity index (χ3v) is 29.8. The minimum Gasteiger partial charge on any atom is -0.494 e. The molecule has 3 atom stereocenters. The molecule has 6 fully saturated rings. The van der Waals surface area contributed by atoms with Crippen LogP contribution in [0.1, 0.15) is 112 Å². The number of nitrogens with one attached hydrogen (secondary N) is 2. The van der Waals surface area contributed by atoms with Crippen molar-refractivity contribution in [3.63, 3.8) is 0 Å². The molecule has 150 heavy (non-hydrogen) atoms. The number of methoxy groups -OCH3 is 6. The first-order chi connectivity index (χ1) is 72.1. The number of imidazole rings is 1. The number of benzene rings is 4. The minimum absolute atomic E-state index is 0.0879. The van der Waals surface area contributed by atoms with E-state index in [0.717, 1.165) is 184 Å². The minimum atomic E-state index is -0.481. The Kier molecular flexibility index (Phi) is 31.8. The van der Waals surface area contributed by atoms with Gasteiger partial charge in [0.2, 0.25) is 0 Å². The molecule has 17 heterocycles. The fourth-order valence-corrected chi connectivity index (χ4v) is 21.1. The van der Waals surface area contributed by atoms with Gasteiger partial charge in [-0.1, -0.05) is 17.7 Å². The first-order valence-corrected chi connectivity index (χ1v) is 51.6. The number of aromatic nitrogens is 12. The third kappa shape index (κ3) is 23.3. The summed E-state index contributed by atoms with van der Waals surface area (Å²) in [5.74, 6) is 2.33. The maximum absolute atomic E-state index is 14.1. The van der Waals surface area contributed by atoms with Gasteiger partial charge in [-0.05, 0) is 291 Å². The predicted molar refractivity (Wildman–Crippen MR) is 590 cm³/mol. The van der Waals surface area contributed by atoms with Crippen molar-refractivity contribution < 1.29 is 37.2 Å². The Morgan fingerprint density at radius 2 is 0.773 bits per heavy atom. The number of halogens is 3. The van der Waals surface area contributed by atoms with Crippen molar-refractivity contribution in [3.05, 3.63) is 291 Å². The Morgan fingerprint density at radius 1 is 0.367 bits per heavy atom. The van der Waals surface area contributed by atoms with Crippen LogP contribution in [0.5, 0.6) is 34.5 Å². The van der Waals surface area contributed by atoms with Crippen molar-refractivity contribution in [1.82, 2.24) is 81.6 Å². The highest BCUT2D eigenvalue weighted by Gasteiger charge is 2.32. The van der Waals surface area contributed by atoms with Crippen LogP contribution in [-0.4, -0.2) is 250 Å². The zero-order valence-corrected chi connectivity index (χ0v) is 89.3. The summed E-state index contributed by atoms with van der Waals surface area (Å²) in [4.78, 5) is 109. The Bertz CT molecular complexity index is 8040. The summed E-state index contributed by atoms with van der Waals surface area (Å²) in [6.07, 6.45) is 22.6. The number of hydrogen-bond donors (Lipinski definition) is 2. The molecular weight excluding hydrogens is 1920 g/mol. The monoisotopic (exact) mass is 2060 g/mol. The van der Waals surface area contributed by atoms with E-state index in [4.69, 9.17) is 55.0 Å². The van der Waals surface area contributed by atoms with Crippen LogP contribution in [0.25, 0.3) is 90.2 Å².